The van der Waals surface area contributed by atoms with E-state index >= 15 is 4.39 Å². The average Bonchev–Trinajstić information content (AvgIpc) is 3.63. The Labute approximate surface area is 285 Å². The standard InChI is InChI=1S/C34H37ClF3N5O4S/c1-16(2)32(44)46-14-17(3)43-10-11-45-28-24-27(40-33(41-31(24)43)47-15-34-8-5-9-42(34)13-19(36)12-34)26(38)23(25(28)35)20-6-7-21(37)29-22(20)18(4)30(39)48-29/h6-7,16-17,19H,5,8-15,39H2,1-4H3/t17?,19-,34+/m1/s1. The zero-order valence-corrected chi connectivity index (χ0v) is 28.7. The molecule has 7 rings (SSSR count). The molecule has 0 saturated carbocycles. The van der Waals surface area contributed by atoms with Crippen molar-refractivity contribution in [1.82, 2.24) is 14.9 Å². The molecule has 3 aliphatic heterocycles. The lowest BCUT2D eigenvalue weighted by molar-refractivity contribution is -0.147. The fraction of sp³-hybridized carbons (Fsp3) is 0.500. The van der Waals surface area contributed by atoms with Crippen LogP contribution in [0.25, 0.3) is 32.1 Å². The predicted molar refractivity (Wildman–Crippen MR) is 181 cm³/mol. The second-order valence-corrected chi connectivity index (χ2v) is 14.7. The molecule has 2 aromatic carbocycles. The lowest BCUT2D eigenvalue weighted by Gasteiger charge is -2.31. The molecule has 2 N–H and O–H groups in total. The maximum absolute atomic E-state index is 17.1. The Kier molecular flexibility index (Phi) is 8.52. The van der Waals surface area contributed by atoms with Gasteiger partial charge in [-0.3, -0.25) is 9.69 Å². The number of aromatic nitrogens is 2. The molecule has 0 amide bonds. The monoisotopic (exact) mass is 703 g/mol. The molecular weight excluding hydrogens is 667 g/mol. The summed E-state index contributed by atoms with van der Waals surface area (Å²) in [6.45, 7) is 8.89. The van der Waals surface area contributed by atoms with Crippen molar-refractivity contribution in [3.8, 4) is 22.9 Å². The number of esters is 1. The van der Waals surface area contributed by atoms with E-state index in [1.807, 2.05) is 11.8 Å². The second-order valence-electron chi connectivity index (χ2n) is 13.3. The van der Waals surface area contributed by atoms with E-state index in [4.69, 9.17) is 36.5 Å². The van der Waals surface area contributed by atoms with Gasteiger partial charge < -0.3 is 24.8 Å². The van der Waals surface area contributed by atoms with Crippen molar-refractivity contribution in [2.24, 2.45) is 5.92 Å². The Morgan fingerprint density at radius 2 is 2.02 bits per heavy atom. The van der Waals surface area contributed by atoms with E-state index in [1.165, 1.54) is 12.1 Å². The summed E-state index contributed by atoms with van der Waals surface area (Å²) in [6.07, 6.45) is 1.09. The number of hydrogen-bond acceptors (Lipinski definition) is 10. The van der Waals surface area contributed by atoms with Gasteiger partial charge in [-0.25, -0.2) is 13.2 Å². The zero-order chi connectivity index (χ0) is 34.1. The van der Waals surface area contributed by atoms with Gasteiger partial charge in [0, 0.05) is 23.9 Å². The molecule has 2 aromatic heterocycles. The molecule has 2 fully saturated rings. The van der Waals surface area contributed by atoms with E-state index in [9.17, 15) is 13.6 Å². The van der Waals surface area contributed by atoms with Crippen molar-refractivity contribution in [2.75, 3.05) is 50.1 Å². The summed E-state index contributed by atoms with van der Waals surface area (Å²) in [5.74, 6) is -1.42. The molecule has 0 radical (unpaired) electrons. The molecular formula is C34H37ClF3N5O4S. The summed E-state index contributed by atoms with van der Waals surface area (Å²) < 4.78 is 64.9. The molecule has 2 saturated heterocycles. The number of halogens is 4. The van der Waals surface area contributed by atoms with Gasteiger partial charge in [0.1, 0.15) is 43.1 Å². The van der Waals surface area contributed by atoms with Crippen LogP contribution >= 0.6 is 22.9 Å². The first-order valence-electron chi connectivity index (χ1n) is 16.2. The Morgan fingerprint density at radius 1 is 1.23 bits per heavy atom. The number of fused-ring (bicyclic) bond motifs is 2. The number of thiophene rings is 1. The van der Waals surface area contributed by atoms with Gasteiger partial charge in [0.2, 0.25) is 0 Å². The number of hydrogen-bond donors (Lipinski definition) is 1. The topological polar surface area (TPSA) is 103 Å². The molecule has 256 valence electrons. The number of anilines is 2. The fourth-order valence-corrected chi connectivity index (χ4v) is 8.65. The highest BCUT2D eigenvalue weighted by Gasteiger charge is 2.49. The number of carbonyl (C=O) groups excluding carboxylic acids is 1. The number of nitrogens with two attached hydrogens (primary N) is 1. The minimum absolute atomic E-state index is 0.00958. The van der Waals surface area contributed by atoms with Crippen molar-refractivity contribution in [1.29, 1.82) is 0 Å². The number of alkyl halides is 1. The molecule has 1 unspecified atom stereocenters. The number of ether oxygens (including phenoxy) is 3. The number of carbonyl (C=O) groups is 1. The summed E-state index contributed by atoms with van der Waals surface area (Å²) in [5, 5.41) is 1.08. The summed E-state index contributed by atoms with van der Waals surface area (Å²) in [7, 11) is 0. The van der Waals surface area contributed by atoms with E-state index in [1.54, 1.807) is 20.8 Å². The number of benzene rings is 2. The van der Waals surface area contributed by atoms with E-state index in [-0.39, 0.29) is 69.7 Å². The zero-order valence-electron chi connectivity index (χ0n) is 27.2. The van der Waals surface area contributed by atoms with Crippen LogP contribution in [0.1, 0.15) is 45.6 Å². The van der Waals surface area contributed by atoms with Crippen LogP contribution in [0.2, 0.25) is 5.02 Å². The molecule has 3 aliphatic rings. The Balaban J connectivity index is 1.40. The highest BCUT2D eigenvalue weighted by atomic mass is 35.5. The maximum atomic E-state index is 17.1. The quantitative estimate of drug-likeness (QED) is 0.193. The van der Waals surface area contributed by atoms with Gasteiger partial charge in [0.15, 0.2) is 11.6 Å². The molecule has 5 heterocycles. The van der Waals surface area contributed by atoms with Crippen LogP contribution in [-0.4, -0.2) is 78.0 Å². The summed E-state index contributed by atoms with van der Waals surface area (Å²) in [5.41, 5.74) is 6.55. The van der Waals surface area contributed by atoms with Crippen molar-refractivity contribution in [3.05, 3.63) is 34.4 Å². The second kappa shape index (κ2) is 12.4. The van der Waals surface area contributed by atoms with Gasteiger partial charge in [0.05, 0.1) is 44.2 Å². The number of nitrogen functional groups attached to an aromatic ring is 1. The highest BCUT2D eigenvalue weighted by Crippen LogP contribution is 2.51. The minimum Gasteiger partial charge on any atom is -0.489 e. The molecule has 48 heavy (non-hydrogen) atoms. The lowest BCUT2D eigenvalue weighted by atomic mass is 9.95. The Bertz CT molecular complexity index is 1940. The molecule has 0 spiro atoms. The minimum atomic E-state index is -0.954. The average molecular weight is 704 g/mol. The van der Waals surface area contributed by atoms with Gasteiger partial charge in [-0.15, -0.1) is 11.3 Å². The number of aryl methyl sites for hydroxylation is 1. The first-order chi connectivity index (χ1) is 22.9. The van der Waals surface area contributed by atoms with Crippen molar-refractivity contribution in [3.63, 3.8) is 0 Å². The molecule has 3 atom stereocenters. The normalized spacial score (nSPS) is 21.5. The third-order valence-corrected chi connectivity index (χ3v) is 11.3. The van der Waals surface area contributed by atoms with Gasteiger partial charge in [-0.1, -0.05) is 31.5 Å². The van der Waals surface area contributed by atoms with Crippen molar-refractivity contribution >= 4 is 60.7 Å². The van der Waals surface area contributed by atoms with Gasteiger partial charge in [0.25, 0.3) is 0 Å². The fourth-order valence-electron chi connectivity index (χ4n) is 7.31. The van der Waals surface area contributed by atoms with Crippen LogP contribution in [0.3, 0.4) is 0 Å². The van der Waals surface area contributed by atoms with Crippen LogP contribution in [0, 0.1) is 24.5 Å². The van der Waals surface area contributed by atoms with Crippen LogP contribution < -0.4 is 20.1 Å². The van der Waals surface area contributed by atoms with Crippen LogP contribution in [0.4, 0.5) is 24.0 Å². The maximum Gasteiger partial charge on any atom is 0.319 e. The van der Waals surface area contributed by atoms with Crippen molar-refractivity contribution < 1.29 is 32.2 Å². The van der Waals surface area contributed by atoms with Crippen LogP contribution in [0.5, 0.6) is 11.8 Å². The third kappa shape index (κ3) is 5.38. The molecule has 14 heteroatoms. The van der Waals surface area contributed by atoms with E-state index in [2.05, 4.69) is 9.88 Å². The number of rotatable bonds is 8. The van der Waals surface area contributed by atoms with E-state index < -0.39 is 29.4 Å². The van der Waals surface area contributed by atoms with Crippen LogP contribution in [-0.2, 0) is 9.53 Å². The summed E-state index contributed by atoms with van der Waals surface area (Å²) in [6, 6.07) is 2.26. The first-order valence-corrected chi connectivity index (χ1v) is 17.4. The Morgan fingerprint density at radius 3 is 2.79 bits per heavy atom. The molecule has 0 bridgehead atoms. The molecule has 4 aromatic rings. The van der Waals surface area contributed by atoms with Gasteiger partial charge in [-0.05, 0) is 50.4 Å². The smallest absolute Gasteiger partial charge is 0.319 e. The van der Waals surface area contributed by atoms with E-state index in [0.29, 0.717) is 46.8 Å². The van der Waals surface area contributed by atoms with E-state index in [0.717, 1.165) is 30.7 Å². The third-order valence-electron chi connectivity index (χ3n) is 9.83. The first kappa shape index (κ1) is 33.0. The van der Waals surface area contributed by atoms with Crippen molar-refractivity contribution in [2.45, 2.75) is 64.7 Å². The Hall–Kier alpha value is -3.55. The summed E-state index contributed by atoms with van der Waals surface area (Å²) >= 11 is 8.11. The lowest BCUT2D eigenvalue weighted by Crippen LogP contribution is -2.43. The summed E-state index contributed by atoms with van der Waals surface area (Å²) in [4.78, 5) is 25.7. The largest absolute Gasteiger partial charge is 0.489 e. The van der Waals surface area contributed by atoms with Gasteiger partial charge in [-0.2, -0.15) is 9.97 Å². The number of nitrogens with zero attached hydrogens (tertiary/aromatic N) is 4. The molecule has 9 nitrogen and oxygen atoms in total. The highest BCUT2D eigenvalue weighted by molar-refractivity contribution is 7.23. The predicted octanol–water partition coefficient (Wildman–Crippen LogP) is 7.08. The molecule has 0 aliphatic carbocycles. The van der Waals surface area contributed by atoms with Gasteiger partial charge >= 0.3 is 12.0 Å². The SMILES string of the molecule is Cc1c(N)sc2c(F)ccc(-c3c(Cl)c4c5c(nc(OC[C@@]67CCCN6C[C@H](F)C7)nc5c3F)N(C(C)COC(=O)C(C)C)CCO4)c12. The van der Waals surface area contributed by atoms with Crippen LogP contribution in [0.15, 0.2) is 12.1 Å².